The van der Waals surface area contributed by atoms with E-state index >= 15 is 0 Å². The Morgan fingerprint density at radius 3 is 3.10 bits per heavy atom. The van der Waals surface area contributed by atoms with Gasteiger partial charge in [-0.3, -0.25) is 0 Å². The Morgan fingerprint density at radius 1 is 1.90 bits per heavy atom. The second kappa shape index (κ2) is 2.79. The maximum atomic E-state index is 10.6. The number of nitrogens with one attached hydrogen (secondary N) is 1. The molecule has 0 aromatic carbocycles. The minimum Gasteiger partial charge on any atom is -0.373 e. The fraction of sp³-hybridized carbons (Fsp3) is 0.667. The van der Waals surface area contributed by atoms with Gasteiger partial charge in [0.1, 0.15) is 6.23 Å². The molecule has 0 bridgehead atoms. The van der Waals surface area contributed by atoms with Crippen LogP contribution in [0, 0.1) is 0 Å². The molecule has 1 atom stereocenters. The van der Waals surface area contributed by atoms with Gasteiger partial charge in [-0.25, -0.2) is 9.79 Å². The molecule has 10 heavy (non-hydrogen) atoms. The molecule has 0 aromatic heterocycles. The highest BCUT2D eigenvalue weighted by Gasteiger charge is 2.16. The lowest BCUT2D eigenvalue weighted by Crippen LogP contribution is -2.38. The quantitative estimate of drug-likeness (QED) is 0.552. The van der Waals surface area contributed by atoms with Crippen molar-refractivity contribution in [1.29, 1.82) is 0 Å². The third-order valence-electron chi connectivity index (χ3n) is 1.39. The Labute approximate surface area is 59.0 Å². The van der Waals surface area contributed by atoms with Crippen molar-refractivity contribution in [2.75, 3.05) is 0 Å². The van der Waals surface area contributed by atoms with Crippen LogP contribution in [0.15, 0.2) is 4.99 Å². The van der Waals surface area contributed by atoms with E-state index in [1.807, 2.05) is 6.92 Å². The topological polar surface area (TPSA) is 61.7 Å². The molecule has 1 aliphatic heterocycles. The van der Waals surface area contributed by atoms with Crippen molar-refractivity contribution >= 4 is 11.7 Å². The van der Waals surface area contributed by atoms with Gasteiger partial charge in [0.05, 0.1) is 0 Å². The van der Waals surface area contributed by atoms with Crippen LogP contribution < -0.4 is 5.32 Å². The van der Waals surface area contributed by atoms with Crippen LogP contribution in [0.1, 0.15) is 19.8 Å². The first-order chi connectivity index (χ1) is 4.72. The Hall–Kier alpha value is -0.900. The summed E-state index contributed by atoms with van der Waals surface area (Å²) in [4.78, 5) is 14.2. The van der Waals surface area contributed by atoms with Crippen LogP contribution in [-0.4, -0.2) is 23.1 Å². The van der Waals surface area contributed by atoms with E-state index in [0.717, 1.165) is 12.1 Å². The summed E-state index contributed by atoms with van der Waals surface area (Å²) in [5.41, 5.74) is 0.760. The molecule has 0 fully saturated rings. The number of nitrogens with zero attached hydrogens (tertiary/aromatic N) is 1. The lowest BCUT2D eigenvalue weighted by Gasteiger charge is -2.16. The highest BCUT2D eigenvalue weighted by Crippen LogP contribution is 2.02. The Morgan fingerprint density at radius 2 is 2.60 bits per heavy atom. The summed E-state index contributed by atoms with van der Waals surface area (Å²) >= 11 is 0. The van der Waals surface area contributed by atoms with Crippen molar-refractivity contribution in [1.82, 2.24) is 5.32 Å². The van der Waals surface area contributed by atoms with E-state index in [2.05, 4.69) is 10.3 Å². The number of aliphatic imine (C=N–C) groups is 1. The first kappa shape index (κ1) is 7.21. The molecule has 4 nitrogen and oxygen atoms in total. The number of hydrogen-bond acceptors (Lipinski definition) is 2. The van der Waals surface area contributed by atoms with Crippen molar-refractivity contribution in [2.24, 2.45) is 4.99 Å². The second-order valence-electron chi connectivity index (χ2n) is 2.20. The van der Waals surface area contributed by atoms with Crippen molar-refractivity contribution in [3.63, 3.8) is 0 Å². The summed E-state index contributed by atoms with van der Waals surface area (Å²) in [7, 11) is 0. The first-order valence-corrected chi connectivity index (χ1v) is 3.27. The van der Waals surface area contributed by atoms with Crippen LogP contribution in [0.5, 0.6) is 0 Å². The molecule has 56 valence electrons. The van der Waals surface area contributed by atoms with Crippen LogP contribution in [0.4, 0.5) is 4.79 Å². The molecule has 0 aliphatic carbocycles. The lowest BCUT2D eigenvalue weighted by molar-refractivity contribution is 0.146. The fourth-order valence-electron chi connectivity index (χ4n) is 0.862. The normalized spacial score (nSPS) is 25.6. The van der Waals surface area contributed by atoms with Crippen LogP contribution in [0.25, 0.3) is 0 Å². The van der Waals surface area contributed by atoms with E-state index in [9.17, 15) is 4.79 Å². The molecule has 1 unspecified atom stereocenters. The lowest BCUT2D eigenvalue weighted by atomic mass is 10.2. The molecule has 1 rings (SSSR count). The zero-order valence-corrected chi connectivity index (χ0v) is 5.79. The SMILES string of the molecule is CCC1=NC(=O)NC(O)C1. The average molecular weight is 142 g/mol. The maximum absolute atomic E-state index is 10.6. The van der Waals surface area contributed by atoms with Crippen LogP contribution >= 0.6 is 0 Å². The molecule has 1 aliphatic rings. The Kier molecular flexibility index (Phi) is 2.01. The van der Waals surface area contributed by atoms with Crippen molar-refractivity contribution in [2.45, 2.75) is 26.0 Å². The van der Waals surface area contributed by atoms with Crippen molar-refractivity contribution in [3.05, 3.63) is 0 Å². The molecular weight excluding hydrogens is 132 g/mol. The highest BCUT2D eigenvalue weighted by atomic mass is 16.3. The van der Waals surface area contributed by atoms with Crippen LogP contribution in [0.3, 0.4) is 0 Å². The zero-order chi connectivity index (χ0) is 7.56. The highest BCUT2D eigenvalue weighted by molar-refractivity contribution is 5.97. The number of hydrogen-bond donors (Lipinski definition) is 2. The molecule has 2 N–H and O–H groups in total. The van der Waals surface area contributed by atoms with Gasteiger partial charge in [0.15, 0.2) is 0 Å². The van der Waals surface area contributed by atoms with Gasteiger partial charge in [0.2, 0.25) is 0 Å². The van der Waals surface area contributed by atoms with Crippen LogP contribution in [-0.2, 0) is 0 Å². The van der Waals surface area contributed by atoms with E-state index in [-0.39, 0.29) is 0 Å². The monoisotopic (exact) mass is 142 g/mol. The summed E-state index contributed by atoms with van der Waals surface area (Å²) in [6.07, 6.45) is 0.451. The van der Waals surface area contributed by atoms with Gasteiger partial charge in [-0.1, -0.05) is 6.92 Å². The molecule has 0 saturated heterocycles. The summed E-state index contributed by atoms with van der Waals surface area (Å²) in [6, 6.07) is -0.435. The standard InChI is InChI=1S/C6H10N2O2/c1-2-4-3-5(9)8-6(10)7-4/h5,9H,2-3H2,1H3,(H,8,10). The summed E-state index contributed by atoms with van der Waals surface area (Å²) < 4.78 is 0. The first-order valence-electron chi connectivity index (χ1n) is 3.27. The zero-order valence-electron chi connectivity index (χ0n) is 5.79. The van der Waals surface area contributed by atoms with E-state index < -0.39 is 12.3 Å². The van der Waals surface area contributed by atoms with Gasteiger partial charge in [-0.15, -0.1) is 0 Å². The largest absolute Gasteiger partial charge is 0.373 e. The number of carbonyl (C=O) groups is 1. The number of amides is 2. The summed E-state index contributed by atoms with van der Waals surface area (Å²) in [5.74, 6) is 0. The van der Waals surface area contributed by atoms with Crippen molar-refractivity contribution < 1.29 is 9.90 Å². The van der Waals surface area contributed by atoms with Gasteiger partial charge in [0.25, 0.3) is 0 Å². The minimum atomic E-state index is -0.736. The summed E-state index contributed by atoms with van der Waals surface area (Å²) in [6.45, 7) is 1.91. The fourth-order valence-corrected chi connectivity index (χ4v) is 0.862. The smallest absolute Gasteiger partial charge is 0.342 e. The van der Waals surface area contributed by atoms with Crippen molar-refractivity contribution in [3.8, 4) is 0 Å². The van der Waals surface area contributed by atoms with Gasteiger partial charge in [-0.05, 0) is 6.42 Å². The molecule has 0 saturated carbocycles. The number of aliphatic hydroxyl groups excluding tert-OH is 1. The second-order valence-corrected chi connectivity index (χ2v) is 2.20. The van der Waals surface area contributed by atoms with Gasteiger partial charge >= 0.3 is 6.03 Å². The third kappa shape index (κ3) is 1.54. The predicted octanol–water partition coefficient (Wildman–Crippen LogP) is 0.269. The van der Waals surface area contributed by atoms with E-state index in [1.165, 1.54) is 0 Å². The predicted molar refractivity (Wildman–Crippen MR) is 36.9 cm³/mol. The van der Waals surface area contributed by atoms with E-state index in [4.69, 9.17) is 5.11 Å². The Balaban J connectivity index is 2.65. The minimum absolute atomic E-state index is 0.435. The third-order valence-corrected chi connectivity index (χ3v) is 1.39. The molecule has 0 spiro atoms. The number of carbonyl (C=O) groups excluding carboxylic acids is 1. The van der Waals surface area contributed by atoms with Gasteiger partial charge in [-0.2, -0.15) is 0 Å². The number of urea groups is 1. The van der Waals surface area contributed by atoms with Crippen LogP contribution in [0.2, 0.25) is 0 Å². The maximum Gasteiger partial charge on any atom is 0.342 e. The van der Waals surface area contributed by atoms with E-state index in [0.29, 0.717) is 6.42 Å². The summed E-state index contributed by atoms with van der Waals surface area (Å²) in [5, 5.41) is 11.2. The number of rotatable bonds is 1. The molecule has 1 heterocycles. The molecule has 2 amide bonds. The van der Waals surface area contributed by atoms with E-state index in [1.54, 1.807) is 0 Å². The number of aliphatic hydroxyl groups is 1. The molecule has 0 aromatic rings. The van der Waals surface area contributed by atoms with Gasteiger partial charge in [0, 0.05) is 12.1 Å². The van der Waals surface area contributed by atoms with Gasteiger partial charge < -0.3 is 10.4 Å². The molecular formula is C6H10N2O2. The molecule has 0 radical (unpaired) electrons. The average Bonchev–Trinajstić information content (AvgIpc) is 1.85. The Bertz CT molecular complexity index is 177. The molecule has 4 heteroatoms.